The third-order valence-corrected chi connectivity index (χ3v) is 6.78. The monoisotopic (exact) mass is 494 g/mol. The minimum atomic E-state index is -0.254. The molecule has 2 atom stereocenters. The number of aromatic nitrogens is 2. The highest BCUT2D eigenvalue weighted by molar-refractivity contribution is 6.32. The Labute approximate surface area is 209 Å². The van der Waals surface area contributed by atoms with Crippen LogP contribution in [-0.2, 0) is 0 Å². The number of benzene rings is 2. The number of nitrogens with zero attached hydrogens (tertiary/aromatic N) is 3. The minimum Gasteiger partial charge on any atom is -0.348 e. The van der Waals surface area contributed by atoms with E-state index in [1.165, 1.54) is 12.1 Å². The topological polar surface area (TPSA) is 82.2 Å². The predicted molar refractivity (Wildman–Crippen MR) is 136 cm³/mol. The molecule has 35 heavy (non-hydrogen) atoms. The van der Waals surface area contributed by atoms with Crippen molar-refractivity contribution in [1.82, 2.24) is 20.6 Å². The minimum absolute atomic E-state index is 0.0668. The summed E-state index contributed by atoms with van der Waals surface area (Å²) in [6, 6.07) is 14.1. The van der Waals surface area contributed by atoms with Gasteiger partial charge >= 0.3 is 0 Å². The van der Waals surface area contributed by atoms with Gasteiger partial charge < -0.3 is 20.9 Å². The lowest BCUT2D eigenvalue weighted by Gasteiger charge is -2.27. The van der Waals surface area contributed by atoms with Crippen LogP contribution in [0.4, 0.5) is 21.8 Å². The average molecular weight is 495 g/mol. The van der Waals surface area contributed by atoms with Crippen LogP contribution >= 0.6 is 11.6 Å². The van der Waals surface area contributed by atoms with Gasteiger partial charge in [-0.05, 0) is 68.1 Å². The van der Waals surface area contributed by atoms with Crippen LogP contribution in [0, 0.1) is 5.82 Å². The molecule has 3 aromatic rings. The molecule has 2 aliphatic heterocycles. The van der Waals surface area contributed by atoms with E-state index in [-0.39, 0.29) is 23.8 Å². The first-order valence-corrected chi connectivity index (χ1v) is 12.4. The summed E-state index contributed by atoms with van der Waals surface area (Å²) in [4.78, 5) is 23.9. The smallest absolute Gasteiger partial charge is 0.251 e. The molecule has 0 spiro atoms. The van der Waals surface area contributed by atoms with E-state index in [2.05, 4.69) is 25.8 Å². The number of carbonyl (C=O) groups is 1. The largest absolute Gasteiger partial charge is 0.348 e. The lowest BCUT2D eigenvalue weighted by molar-refractivity contribution is 0.0930. The molecule has 0 bridgehead atoms. The van der Waals surface area contributed by atoms with Crippen LogP contribution < -0.4 is 20.9 Å². The van der Waals surface area contributed by atoms with Gasteiger partial charge in [-0.2, -0.15) is 4.98 Å². The van der Waals surface area contributed by atoms with E-state index in [0.717, 1.165) is 50.9 Å². The number of carbonyl (C=O) groups excluding carboxylic acids is 1. The normalized spacial score (nSPS) is 20.0. The van der Waals surface area contributed by atoms with Gasteiger partial charge in [0.15, 0.2) is 5.82 Å². The molecule has 3 N–H and O–H groups in total. The third-order valence-electron chi connectivity index (χ3n) is 6.52. The van der Waals surface area contributed by atoms with Crippen molar-refractivity contribution in [3.63, 3.8) is 0 Å². The van der Waals surface area contributed by atoms with Gasteiger partial charge in [-0.3, -0.25) is 4.79 Å². The summed E-state index contributed by atoms with van der Waals surface area (Å²) in [5.41, 5.74) is 2.31. The van der Waals surface area contributed by atoms with E-state index in [9.17, 15) is 9.18 Å². The molecule has 5 rings (SSSR count). The van der Waals surface area contributed by atoms with Crippen LogP contribution in [0.5, 0.6) is 0 Å². The maximum atomic E-state index is 13.4. The summed E-state index contributed by atoms with van der Waals surface area (Å²) >= 11 is 6.50. The fourth-order valence-corrected chi connectivity index (χ4v) is 4.98. The Morgan fingerprint density at radius 2 is 2.00 bits per heavy atom. The lowest BCUT2D eigenvalue weighted by Crippen LogP contribution is -2.45. The number of hydrogen-bond acceptors (Lipinski definition) is 6. The Balaban J connectivity index is 1.32. The van der Waals surface area contributed by atoms with Crippen LogP contribution in [0.25, 0.3) is 0 Å². The second kappa shape index (κ2) is 10.6. The van der Waals surface area contributed by atoms with Crippen LogP contribution in [0.3, 0.4) is 0 Å². The van der Waals surface area contributed by atoms with E-state index in [0.29, 0.717) is 28.0 Å². The van der Waals surface area contributed by atoms with Gasteiger partial charge in [0.25, 0.3) is 5.91 Å². The number of hydrogen-bond donors (Lipinski definition) is 3. The number of nitrogens with one attached hydrogen (secondary N) is 3. The first kappa shape index (κ1) is 23.5. The second-order valence-electron chi connectivity index (χ2n) is 8.99. The van der Waals surface area contributed by atoms with Crippen LogP contribution in [0.2, 0.25) is 5.02 Å². The molecule has 2 aliphatic rings. The molecule has 2 aromatic carbocycles. The van der Waals surface area contributed by atoms with E-state index in [1.807, 2.05) is 24.3 Å². The zero-order valence-corrected chi connectivity index (χ0v) is 20.1. The highest BCUT2D eigenvalue weighted by atomic mass is 35.5. The van der Waals surface area contributed by atoms with Gasteiger partial charge in [0.05, 0.1) is 12.2 Å². The molecule has 182 valence electrons. The summed E-state index contributed by atoms with van der Waals surface area (Å²) < 4.78 is 13.4. The Hall–Kier alpha value is -3.23. The van der Waals surface area contributed by atoms with E-state index < -0.39 is 0 Å². The first-order chi connectivity index (χ1) is 17.1. The van der Waals surface area contributed by atoms with Gasteiger partial charge in [0.1, 0.15) is 10.8 Å². The zero-order valence-electron chi connectivity index (χ0n) is 19.3. The number of anilines is 3. The van der Waals surface area contributed by atoms with Gasteiger partial charge in [0, 0.05) is 30.4 Å². The molecule has 9 heteroatoms. The molecule has 3 heterocycles. The molecular formula is C26H28ClFN6O. The summed E-state index contributed by atoms with van der Waals surface area (Å²) in [6.07, 6.45) is 5.54. The summed E-state index contributed by atoms with van der Waals surface area (Å²) in [5.74, 6) is 0.674. The zero-order chi connectivity index (χ0) is 24.2. The molecule has 0 radical (unpaired) electrons. The van der Waals surface area contributed by atoms with Crippen molar-refractivity contribution in [3.8, 4) is 0 Å². The van der Waals surface area contributed by atoms with Crippen molar-refractivity contribution < 1.29 is 9.18 Å². The third kappa shape index (κ3) is 5.55. The molecule has 2 unspecified atom stereocenters. The molecule has 0 aliphatic carbocycles. The molecule has 2 saturated heterocycles. The number of piperidine rings is 1. The van der Waals surface area contributed by atoms with Crippen molar-refractivity contribution in [1.29, 1.82) is 0 Å². The maximum Gasteiger partial charge on any atom is 0.251 e. The van der Waals surface area contributed by atoms with Crippen molar-refractivity contribution >= 4 is 35.0 Å². The van der Waals surface area contributed by atoms with Crippen LogP contribution in [0.1, 0.15) is 47.6 Å². The Morgan fingerprint density at radius 1 is 1.14 bits per heavy atom. The Morgan fingerprint density at radius 3 is 2.80 bits per heavy atom. The van der Waals surface area contributed by atoms with Crippen molar-refractivity contribution in [3.05, 3.63) is 76.7 Å². The lowest BCUT2D eigenvalue weighted by atomic mass is 10.0. The molecule has 1 amide bonds. The van der Waals surface area contributed by atoms with Gasteiger partial charge in [0.2, 0.25) is 5.95 Å². The van der Waals surface area contributed by atoms with Crippen molar-refractivity contribution in [2.24, 2.45) is 0 Å². The van der Waals surface area contributed by atoms with E-state index >= 15 is 0 Å². The van der Waals surface area contributed by atoms with Gasteiger partial charge in [-0.1, -0.05) is 29.8 Å². The molecule has 7 nitrogen and oxygen atoms in total. The average Bonchev–Trinajstić information content (AvgIpc) is 3.36. The second-order valence-corrected chi connectivity index (χ2v) is 9.40. The summed E-state index contributed by atoms with van der Waals surface area (Å²) in [6.45, 7) is 2.58. The Kier molecular flexibility index (Phi) is 7.11. The van der Waals surface area contributed by atoms with Gasteiger partial charge in [-0.25, -0.2) is 9.37 Å². The van der Waals surface area contributed by atoms with E-state index in [4.69, 9.17) is 16.6 Å². The molecular weight excluding hydrogens is 467 g/mol. The highest BCUT2D eigenvalue weighted by Crippen LogP contribution is 2.38. The van der Waals surface area contributed by atoms with Crippen LogP contribution in [0.15, 0.2) is 54.7 Å². The van der Waals surface area contributed by atoms with E-state index in [1.54, 1.807) is 18.3 Å². The van der Waals surface area contributed by atoms with Crippen molar-refractivity contribution in [2.75, 3.05) is 29.9 Å². The number of halogens is 2. The fourth-order valence-electron chi connectivity index (χ4n) is 4.78. The molecule has 1 aromatic heterocycles. The number of amides is 1. The SMILES string of the molecule is O=C(NC1CCCNC1)c1cccc(Nc2ncc(Cl)c(N3CCCC3c3ccc(F)cc3)n2)c1. The maximum absolute atomic E-state index is 13.4. The van der Waals surface area contributed by atoms with Gasteiger partial charge in [-0.15, -0.1) is 0 Å². The van der Waals surface area contributed by atoms with Crippen LogP contribution in [-0.4, -0.2) is 41.6 Å². The molecule has 0 saturated carbocycles. The quantitative estimate of drug-likeness (QED) is 0.455. The first-order valence-electron chi connectivity index (χ1n) is 12.0. The predicted octanol–water partition coefficient (Wildman–Crippen LogP) is 4.84. The number of rotatable bonds is 6. The summed E-state index contributed by atoms with van der Waals surface area (Å²) in [7, 11) is 0. The van der Waals surface area contributed by atoms with Crippen molar-refractivity contribution in [2.45, 2.75) is 37.8 Å². The standard InChI is InChI=1S/C26H28ClFN6O/c27-22-16-30-26(33-24(22)34-13-3-7-23(34)17-8-10-19(28)11-9-17)32-20-5-1-4-18(14-20)25(35)31-21-6-2-12-29-15-21/h1,4-5,8-11,14,16,21,23,29H,2-3,6-7,12-13,15H2,(H,31,35)(H,30,32,33). The Bertz CT molecular complexity index is 1180. The molecule has 2 fully saturated rings. The fraction of sp³-hybridized carbons (Fsp3) is 0.346. The highest BCUT2D eigenvalue weighted by Gasteiger charge is 2.29. The summed E-state index contributed by atoms with van der Waals surface area (Å²) in [5, 5.41) is 10.1.